The van der Waals surface area contributed by atoms with Crippen LogP contribution in [0.15, 0.2) is 11.1 Å². The highest BCUT2D eigenvalue weighted by molar-refractivity contribution is 6.02. The van der Waals surface area contributed by atoms with E-state index < -0.39 is 22.8 Å². The van der Waals surface area contributed by atoms with Gasteiger partial charge >= 0.3 is 11.9 Å². The Morgan fingerprint density at radius 1 is 0.793 bits per heavy atom. The average Bonchev–Trinajstić information content (AvgIpc) is 3.19. The van der Waals surface area contributed by atoms with Crippen molar-refractivity contribution in [1.29, 1.82) is 0 Å². The summed E-state index contributed by atoms with van der Waals surface area (Å²) in [5.74, 6) is -1.02. The van der Waals surface area contributed by atoms with Crippen LogP contribution in [0.3, 0.4) is 0 Å². The van der Waals surface area contributed by atoms with Gasteiger partial charge in [0.05, 0.1) is 11.1 Å². The van der Waals surface area contributed by atoms with Crippen LogP contribution in [0.4, 0.5) is 0 Å². The van der Waals surface area contributed by atoms with Crippen molar-refractivity contribution < 1.29 is 19.8 Å². The molecule has 0 aromatic heterocycles. The van der Waals surface area contributed by atoms with Crippen LogP contribution in [0, 0.1) is 22.7 Å². The minimum atomic E-state index is -0.990. The number of hydrogen-bond donors (Lipinski definition) is 2. The number of hydrogen-bond acceptors (Lipinski definition) is 2. The standard InChI is InChI=1S/C25H42O4/c1-5-9-11-18(7-3)15-24-13-14-25(17-24,16-19(8-4)12-10-6-2)21(23(28)29)20(24)22(26)27/h18-19H,5-17H2,1-4H3,(H,26,27)(H,28,29). The van der Waals surface area contributed by atoms with Crippen LogP contribution >= 0.6 is 0 Å². The van der Waals surface area contributed by atoms with Crippen LogP contribution in [0.1, 0.15) is 111 Å². The lowest BCUT2D eigenvalue weighted by molar-refractivity contribution is -0.137. The van der Waals surface area contributed by atoms with E-state index in [2.05, 4.69) is 27.7 Å². The number of unbranched alkanes of at least 4 members (excludes halogenated alkanes) is 2. The third kappa shape index (κ3) is 4.88. The van der Waals surface area contributed by atoms with E-state index in [1.54, 1.807) is 0 Å². The Labute approximate surface area is 177 Å². The Hall–Kier alpha value is -1.32. The van der Waals surface area contributed by atoms with Crippen molar-refractivity contribution in [2.75, 3.05) is 0 Å². The SMILES string of the molecule is CCCCC(CC)CC12CCC(CC(CC)CCCC)(C1)C(C(=O)O)=C2C(=O)O. The fraction of sp³-hybridized carbons (Fsp3) is 0.840. The molecule has 29 heavy (non-hydrogen) atoms. The molecule has 2 aliphatic carbocycles. The lowest BCUT2D eigenvalue weighted by Crippen LogP contribution is -2.30. The van der Waals surface area contributed by atoms with E-state index in [1.807, 2.05) is 0 Å². The van der Waals surface area contributed by atoms with Crippen LogP contribution in [0.25, 0.3) is 0 Å². The van der Waals surface area contributed by atoms with Gasteiger partial charge in [0.25, 0.3) is 0 Å². The van der Waals surface area contributed by atoms with Crippen LogP contribution < -0.4 is 0 Å². The quantitative estimate of drug-likeness (QED) is 0.331. The molecule has 0 amide bonds. The lowest BCUT2D eigenvalue weighted by Gasteiger charge is -2.33. The molecule has 1 saturated carbocycles. The Morgan fingerprint density at radius 3 is 1.45 bits per heavy atom. The summed E-state index contributed by atoms with van der Waals surface area (Å²) in [5.41, 5.74) is -0.346. The molecule has 4 atom stereocenters. The van der Waals surface area contributed by atoms with E-state index in [1.165, 1.54) is 0 Å². The lowest BCUT2D eigenvalue weighted by atomic mass is 9.70. The van der Waals surface area contributed by atoms with E-state index in [0.717, 1.165) is 83.5 Å². The van der Waals surface area contributed by atoms with Gasteiger partial charge in [0, 0.05) is 10.8 Å². The fourth-order valence-corrected chi connectivity index (χ4v) is 6.47. The molecule has 166 valence electrons. The maximum Gasteiger partial charge on any atom is 0.332 e. The molecule has 2 aliphatic rings. The topological polar surface area (TPSA) is 74.6 Å². The van der Waals surface area contributed by atoms with E-state index >= 15 is 0 Å². The van der Waals surface area contributed by atoms with Crippen LogP contribution in [-0.4, -0.2) is 22.2 Å². The molecule has 0 radical (unpaired) electrons. The van der Waals surface area contributed by atoms with E-state index in [4.69, 9.17) is 0 Å². The zero-order valence-corrected chi connectivity index (χ0v) is 19.1. The van der Waals surface area contributed by atoms with Crippen molar-refractivity contribution in [3.05, 3.63) is 11.1 Å². The van der Waals surface area contributed by atoms with Gasteiger partial charge in [-0.15, -0.1) is 0 Å². The Bertz CT molecular complexity index is 570. The molecule has 2 N–H and O–H groups in total. The minimum absolute atomic E-state index is 0.261. The molecular formula is C25H42O4. The van der Waals surface area contributed by atoms with Gasteiger partial charge in [-0.1, -0.05) is 79.1 Å². The van der Waals surface area contributed by atoms with Gasteiger partial charge in [-0.25, -0.2) is 9.59 Å². The first-order valence-electron chi connectivity index (χ1n) is 12.0. The van der Waals surface area contributed by atoms with Crippen LogP contribution in [-0.2, 0) is 9.59 Å². The summed E-state index contributed by atoms with van der Waals surface area (Å²) in [7, 11) is 0. The Kier molecular flexibility index (Phi) is 8.37. The second kappa shape index (κ2) is 10.1. The zero-order chi connectivity index (χ0) is 21.7. The van der Waals surface area contributed by atoms with Crippen LogP contribution in [0.5, 0.6) is 0 Å². The third-order valence-corrected chi connectivity index (χ3v) is 7.94. The number of aliphatic carboxylic acids is 2. The van der Waals surface area contributed by atoms with Crippen molar-refractivity contribution in [2.45, 2.75) is 111 Å². The molecule has 1 fully saturated rings. The molecule has 4 nitrogen and oxygen atoms in total. The van der Waals surface area contributed by atoms with Crippen LogP contribution in [0.2, 0.25) is 0 Å². The molecule has 4 unspecified atom stereocenters. The molecule has 0 aliphatic heterocycles. The van der Waals surface area contributed by atoms with Crippen molar-refractivity contribution in [3.8, 4) is 0 Å². The first-order chi connectivity index (χ1) is 13.8. The summed E-state index contributed by atoms with van der Waals surface area (Å²) < 4.78 is 0. The van der Waals surface area contributed by atoms with E-state index in [9.17, 15) is 19.8 Å². The van der Waals surface area contributed by atoms with Gasteiger partial charge in [0.1, 0.15) is 0 Å². The molecular weight excluding hydrogens is 364 g/mol. The average molecular weight is 407 g/mol. The van der Waals surface area contributed by atoms with Gasteiger partial charge < -0.3 is 10.2 Å². The summed E-state index contributed by atoms with van der Waals surface area (Å²) >= 11 is 0. The third-order valence-electron chi connectivity index (χ3n) is 7.94. The molecule has 4 heteroatoms. The van der Waals surface area contributed by atoms with Gasteiger partial charge in [-0.05, 0) is 43.9 Å². The molecule has 0 aromatic carbocycles. The first-order valence-corrected chi connectivity index (χ1v) is 12.0. The van der Waals surface area contributed by atoms with Crippen molar-refractivity contribution in [2.24, 2.45) is 22.7 Å². The Morgan fingerprint density at radius 2 is 1.17 bits per heavy atom. The number of carboxylic acids is 2. The second-order valence-electron chi connectivity index (χ2n) is 9.84. The number of rotatable bonds is 14. The largest absolute Gasteiger partial charge is 0.478 e. The number of carboxylic acid groups (broad SMARTS) is 2. The summed E-state index contributed by atoms with van der Waals surface area (Å²) in [5, 5.41) is 20.2. The highest BCUT2D eigenvalue weighted by Crippen LogP contribution is 2.68. The van der Waals surface area contributed by atoms with E-state index in [0.29, 0.717) is 11.8 Å². The highest BCUT2D eigenvalue weighted by atomic mass is 16.4. The molecule has 0 spiro atoms. The smallest absolute Gasteiger partial charge is 0.332 e. The fourth-order valence-electron chi connectivity index (χ4n) is 6.47. The summed E-state index contributed by atoms with van der Waals surface area (Å²) in [6.07, 6.45) is 13.0. The minimum Gasteiger partial charge on any atom is -0.478 e. The first kappa shape index (κ1) is 24.0. The Balaban J connectivity index is 2.40. The second-order valence-corrected chi connectivity index (χ2v) is 9.84. The monoisotopic (exact) mass is 406 g/mol. The molecule has 0 saturated heterocycles. The number of fused-ring (bicyclic) bond motifs is 2. The molecule has 0 heterocycles. The maximum absolute atomic E-state index is 12.3. The number of carbonyl (C=O) groups is 2. The predicted molar refractivity (Wildman–Crippen MR) is 117 cm³/mol. The van der Waals surface area contributed by atoms with Gasteiger partial charge in [-0.3, -0.25) is 0 Å². The summed E-state index contributed by atoms with van der Waals surface area (Å²) in [4.78, 5) is 24.7. The van der Waals surface area contributed by atoms with Crippen molar-refractivity contribution >= 4 is 11.9 Å². The molecule has 2 bridgehead atoms. The van der Waals surface area contributed by atoms with Gasteiger partial charge in [-0.2, -0.15) is 0 Å². The maximum atomic E-state index is 12.3. The predicted octanol–water partition coefficient (Wildman–Crippen LogP) is 6.84. The van der Waals surface area contributed by atoms with E-state index in [-0.39, 0.29) is 11.1 Å². The highest BCUT2D eigenvalue weighted by Gasteiger charge is 2.63. The van der Waals surface area contributed by atoms with Crippen molar-refractivity contribution in [3.63, 3.8) is 0 Å². The summed E-state index contributed by atoms with van der Waals surface area (Å²) in [6.45, 7) is 8.75. The molecule has 0 aromatic rings. The van der Waals surface area contributed by atoms with Gasteiger partial charge in [0.15, 0.2) is 0 Å². The van der Waals surface area contributed by atoms with Gasteiger partial charge in [0.2, 0.25) is 0 Å². The van der Waals surface area contributed by atoms with Crippen molar-refractivity contribution in [1.82, 2.24) is 0 Å². The zero-order valence-electron chi connectivity index (χ0n) is 19.1. The molecule has 2 rings (SSSR count). The summed E-state index contributed by atoms with van der Waals surface area (Å²) in [6, 6.07) is 0. The normalized spacial score (nSPS) is 28.0.